The predicted octanol–water partition coefficient (Wildman–Crippen LogP) is 6.02. The molecule has 0 rings (SSSR count). The lowest BCUT2D eigenvalue weighted by molar-refractivity contribution is -0.143. The Morgan fingerprint density at radius 1 is 0.800 bits per heavy atom. The zero-order valence-electron chi connectivity index (χ0n) is 13.3. The number of ether oxygens (including phenoxy) is 1. The second-order valence-corrected chi connectivity index (χ2v) is 6.34. The first-order chi connectivity index (χ1) is 9.81. The number of carbonyl (C=O) groups excluding carboxylic acids is 1. The molecule has 0 radical (unpaired) electrons. The maximum Gasteiger partial charge on any atom is 0.305 e. The minimum Gasteiger partial charge on any atom is -0.466 e. The molecule has 20 heavy (non-hydrogen) atoms. The van der Waals surface area contributed by atoms with Crippen molar-refractivity contribution < 1.29 is 9.53 Å². The monoisotopic (exact) mass is 348 g/mol. The minimum atomic E-state index is -0.00109. The van der Waals surface area contributed by atoms with Crippen molar-refractivity contribution in [2.24, 2.45) is 0 Å². The van der Waals surface area contributed by atoms with Crippen LogP contribution in [-0.2, 0) is 9.53 Å². The number of halogens is 1. The predicted molar refractivity (Wildman–Crippen MR) is 90.4 cm³/mol. The Morgan fingerprint density at radius 2 is 1.35 bits per heavy atom. The van der Waals surface area contributed by atoms with E-state index in [1.165, 1.54) is 57.8 Å². The first kappa shape index (κ1) is 19.9. The second-order valence-electron chi connectivity index (χ2n) is 5.55. The highest BCUT2D eigenvalue weighted by Gasteiger charge is 2.02. The Labute approximate surface area is 134 Å². The highest BCUT2D eigenvalue weighted by atomic mass is 79.9. The zero-order chi connectivity index (χ0) is 14.9. The van der Waals surface area contributed by atoms with Crippen LogP contribution in [0.25, 0.3) is 0 Å². The number of unbranched alkanes of at least 4 members (excludes halogenated alkanes) is 10. The van der Waals surface area contributed by atoms with Crippen LogP contribution in [0.4, 0.5) is 0 Å². The third kappa shape index (κ3) is 16.0. The van der Waals surface area contributed by atoms with E-state index in [4.69, 9.17) is 4.74 Å². The van der Waals surface area contributed by atoms with Gasteiger partial charge < -0.3 is 4.74 Å². The third-order valence-corrected chi connectivity index (χ3v) is 4.09. The average Bonchev–Trinajstić information content (AvgIpc) is 2.45. The summed E-state index contributed by atoms with van der Waals surface area (Å²) in [5, 5.41) is 1.13. The SMILES string of the molecule is CCCCCCCC(=O)OCCCCCCCCCBr. The van der Waals surface area contributed by atoms with E-state index in [2.05, 4.69) is 22.9 Å². The van der Waals surface area contributed by atoms with E-state index >= 15 is 0 Å². The molecule has 0 aliphatic carbocycles. The van der Waals surface area contributed by atoms with Crippen LogP contribution in [-0.4, -0.2) is 17.9 Å². The molecular weight excluding hydrogens is 316 g/mol. The Kier molecular flexibility index (Phi) is 17.0. The Balaban J connectivity index is 3.11. The van der Waals surface area contributed by atoms with Crippen LogP contribution >= 0.6 is 15.9 Å². The molecule has 0 aromatic carbocycles. The molecule has 0 aromatic rings. The van der Waals surface area contributed by atoms with Crippen molar-refractivity contribution in [2.45, 2.75) is 90.4 Å². The van der Waals surface area contributed by atoms with Crippen molar-refractivity contribution in [2.75, 3.05) is 11.9 Å². The lowest BCUT2D eigenvalue weighted by Gasteiger charge is -2.05. The molecule has 2 nitrogen and oxygen atoms in total. The van der Waals surface area contributed by atoms with Gasteiger partial charge in [0.05, 0.1) is 6.61 Å². The van der Waals surface area contributed by atoms with E-state index in [-0.39, 0.29) is 5.97 Å². The standard InChI is InChI=1S/C17H33BrO2/c1-2-3-4-8-11-14-17(19)20-16-13-10-7-5-6-9-12-15-18/h2-16H2,1H3. The molecule has 0 atom stereocenters. The van der Waals surface area contributed by atoms with E-state index in [0.717, 1.165) is 24.6 Å². The first-order valence-electron chi connectivity index (χ1n) is 8.52. The van der Waals surface area contributed by atoms with Crippen LogP contribution in [0.3, 0.4) is 0 Å². The van der Waals surface area contributed by atoms with Crippen LogP contribution in [0.1, 0.15) is 90.4 Å². The summed E-state index contributed by atoms with van der Waals surface area (Å²) in [6.45, 7) is 2.82. The quantitative estimate of drug-likeness (QED) is 0.205. The van der Waals surface area contributed by atoms with Crippen molar-refractivity contribution in [3.05, 3.63) is 0 Å². The van der Waals surface area contributed by atoms with Crippen LogP contribution in [0.2, 0.25) is 0 Å². The number of alkyl halides is 1. The van der Waals surface area contributed by atoms with Gasteiger partial charge in [-0.05, 0) is 19.3 Å². The fourth-order valence-corrected chi connectivity index (χ4v) is 2.61. The highest BCUT2D eigenvalue weighted by Crippen LogP contribution is 2.09. The summed E-state index contributed by atoms with van der Waals surface area (Å²) in [6.07, 6.45) is 15.3. The molecule has 0 aliphatic heterocycles. The molecule has 0 spiro atoms. The Bertz CT molecular complexity index is 207. The molecule has 3 heteroatoms. The zero-order valence-corrected chi connectivity index (χ0v) is 14.9. The number of carbonyl (C=O) groups is 1. The molecular formula is C17H33BrO2. The van der Waals surface area contributed by atoms with Gasteiger partial charge in [-0.2, -0.15) is 0 Å². The van der Waals surface area contributed by atoms with Crippen molar-refractivity contribution in [1.82, 2.24) is 0 Å². The normalized spacial score (nSPS) is 10.7. The van der Waals surface area contributed by atoms with Gasteiger partial charge in [-0.3, -0.25) is 4.79 Å². The van der Waals surface area contributed by atoms with Gasteiger partial charge in [-0.15, -0.1) is 0 Å². The topological polar surface area (TPSA) is 26.3 Å². The van der Waals surface area contributed by atoms with Crippen LogP contribution in [0, 0.1) is 0 Å². The minimum absolute atomic E-state index is 0.00109. The number of hydrogen-bond donors (Lipinski definition) is 0. The Morgan fingerprint density at radius 3 is 2.00 bits per heavy atom. The molecule has 0 heterocycles. The third-order valence-electron chi connectivity index (χ3n) is 3.53. The van der Waals surface area contributed by atoms with E-state index in [0.29, 0.717) is 13.0 Å². The maximum absolute atomic E-state index is 11.5. The fourth-order valence-electron chi connectivity index (χ4n) is 2.21. The fraction of sp³-hybridized carbons (Fsp3) is 0.941. The van der Waals surface area contributed by atoms with Gasteiger partial charge in [0.25, 0.3) is 0 Å². The summed E-state index contributed by atoms with van der Waals surface area (Å²) < 4.78 is 5.25. The lowest BCUT2D eigenvalue weighted by Crippen LogP contribution is -2.05. The van der Waals surface area contributed by atoms with Crippen LogP contribution in [0.5, 0.6) is 0 Å². The van der Waals surface area contributed by atoms with E-state index in [1.54, 1.807) is 0 Å². The van der Waals surface area contributed by atoms with Gasteiger partial charge in [0.15, 0.2) is 0 Å². The molecule has 0 saturated carbocycles. The molecule has 0 aliphatic rings. The van der Waals surface area contributed by atoms with Crippen molar-refractivity contribution in [3.8, 4) is 0 Å². The molecule has 0 aromatic heterocycles. The van der Waals surface area contributed by atoms with E-state index in [9.17, 15) is 4.79 Å². The molecule has 0 fully saturated rings. The lowest BCUT2D eigenvalue weighted by atomic mass is 10.1. The van der Waals surface area contributed by atoms with Crippen LogP contribution < -0.4 is 0 Å². The van der Waals surface area contributed by atoms with Gasteiger partial charge >= 0.3 is 5.97 Å². The molecule has 0 amide bonds. The molecule has 0 unspecified atom stereocenters. The smallest absolute Gasteiger partial charge is 0.305 e. The summed E-state index contributed by atoms with van der Waals surface area (Å²) >= 11 is 3.45. The second kappa shape index (κ2) is 17.0. The molecule has 0 saturated heterocycles. The first-order valence-corrected chi connectivity index (χ1v) is 9.65. The van der Waals surface area contributed by atoms with Gasteiger partial charge in [0.1, 0.15) is 0 Å². The Hall–Kier alpha value is -0.0500. The number of rotatable bonds is 15. The summed E-state index contributed by atoms with van der Waals surface area (Å²) in [4.78, 5) is 11.5. The van der Waals surface area contributed by atoms with E-state index < -0.39 is 0 Å². The molecule has 0 bridgehead atoms. The molecule has 120 valence electrons. The van der Waals surface area contributed by atoms with Crippen molar-refractivity contribution in [3.63, 3.8) is 0 Å². The molecule has 0 N–H and O–H groups in total. The van der Waals surface area contributed by atoms with Gasteiger partial charge in [0.2, 0.25) is 0 Å². The van der Waals surface area contributed by atoms with Gasteiger partial charge in [0, 0.05) is 11.8 Å². The summed E-state index contributed by atoms with van der Waals surface area (Å²) in [5.41, 5.74) is 0. The summed E-state index contributed by atoms with van der Waals surface area (Å²) in [7, 11) is 0. The number of esters is 1. The summed E-state index contributed by atoms with van der Waals surface area (Å²) in [5.74, 6) is -0.00109. The van der Waals surface area contributed by atoms with Gasteiger partial charge in [-0.25, -0.2) is 0 Å². The van der Waals surface area contributed by atoms with Crippen molar-refractivity contribution in [1.29, 1.82) is 0 Å². The number of hydrogen-bond acceptors (Lipinski definition) is 2. The average molecular weight is 349 g/mol. The largest absolute Gasteiger partial charge is 0.466 e. The van der Waals surface area contributed by atoms with Crippen molar-refractivity contribution >= 4 is 21.9 Å². The maximum atomic E-state index is 11.5. The van der Waals surface area contributed by atoms with Crippen LogP contribution in [0.15, 0.2) is 0 Å². The highest BCUT2D eigenvalue weighted by molar-refractivity contribution is 9.09. The summed E-state index contributed by atoms with van der Waals surface area (Å²) in [6, 6.07) is 0. The van der Waals surface area contributed by atoms with Gasteiger partial charge in [-0.1, -0.05) is 80.6 Å². The van der Waals surface area contributed by atoms with E-state index in [1.807, 2.05) is 0 Å².